The van der Waals surface area contributed by atoms with Crippen molar-refractivity contribution in [2.45, 2.75) is 0 Å². The molecular formula is C12H7N7O. The second-order valence-corrected chi connectivity index (χ2v) is 4.10. The smallest absolute Gasteiger partial charge is 0.282 e. The lowest BCUT2D eigenvalue weighted by Gasteiger charge is -2.06. The van der Waals surface area contributed by atoms with Gasteiger partial charge in [-0.3, -0.25) is 14.3 Å². The first-order valence-corrected chi connectivity index (χ1v) is 5.83. The van der Waals surface area contributed by atoms with Crippen LogP contribution in [-0.4, -0.2) is 34.3 Å². The highest BCUT2D eigenvalue weighted by Gasteiger charge is 2.10. The zero-order valence-corrected chi connectivity index (χ0v) is 10.1. The average Bonchev–Trinajstić information content (AvgIpc) is 2.97. The third-order valence-corrected chi connectivity index (χ3v) is 2.98. The van der Waals surface area contributed by atoms with Crippen LogP contribution in [0.5, 0.6) is 0 Å². The normalized spacial score (nSPS) is 11.2. The molecule has 0 radical (unpaired) electrons. The predicted molar refractivity (Wildman–Crippen MR) is 69.5 cm³/mol. The topological polar surface area (TPSA) is 90.9 Å². The molecular weight excluding hydrogens is 258 g/mol. The van der Waals surface area contributed by atoms with E-state index in [0.29, 0.717) is 17.0 Å². The molecule has 20 heavy (non-hydrogen) atoms. The van der Waals surface area contributed by atoms with Crippen molar-refractivity contribution in [3.63, 3.8) is 0 Å². The first-order valence-electron chi connectivity index (χ1n) is 5.83. The third-order valence-electron chi connectivity index (χ3n) is 2.98. The van der Waals surface area contributed by atoms with Gasteiger partial charge in [0.15, 0.2) is 5.52 Å². The zero-order valence-electron chi connectivity index (χ0n) is 10.1. The Hall–Kier alpha value is -3.16. The highest BCUT2D eigenvalue weighted by Crippen LogP contribution is 2.09. The van der Waals surface area contributed by atoms with Gasteiger partial charge in [-0.2, -0.15) is 14.6 Å². The number of fused-ring (bicyclic) bond motifs is 3. The highest BCUT2D eigenvalue weighted by atomic mass is 16.1. The fraction of sp³-hybridized carbons (Fsp3) is 0. The number of pyridine rings is 2. The van der Waals surface area contributed by atoms with Crippen LogP contribution >= 0.6 is 0 Å². The average molecular weight is 265 g/mol. The van der Waals surface area contributed by atoms with Gasteiger partial charge in [-0.1, -0.05) is 0 Å². The summed E-state index contributed by atoms with van der Waals surface area (Å²) in [6.45, 7) is 0. The third kappa shape index (κ3) is 1.41. The summed E-state index contributed by atoms with van der Waals surface area (Å²) in [7, 11) is 0. The summed E-state index contributed by atoms with van der Waals surface area (Å²) in [6, 6.07) is 5.25. The molecule has 0 spiro atoms. The largest absolute Gasteiger partial charge is 0.285 e. The van der Waals surface area contributed by atoms with Crippen molar-refractivity contribution in [2.75, 3.05) is 0 Å². The van der Waals surface area contributed by atoms with E-state index in [1.807, 2.05) is 0 Å². The van der Waals surface area contributed by atoms with E-state index in [0.717, 1.165) is 0 Å². The number of hydrogen-bond acceptors (Lipinski definition) is 6. The van der Waals surface area contributed by atoms with Crippen molar-refractivity contribution in [3.05, 3.63) is 53.5 Å². The molecule has 0 aliphatic heterocycles. The molecule has 0 unspecified atom stereocenters. The maximum absolute atomic E-state index is 12.5. The molecule has 0 bridgehead atoms. The molecule has 0 aromatic carbocycles. The maximum atomic E-state index is 12.5. The minimum Gasteiger partial charge on any atom is -0.282 e. The summed E-state index contributed by atoms with van der Waals surface area (Å²) < 4.78 is 2.97. The Morgan fingerprint density at radius 3 is 2.75 bits per heavy atom. The summed E-state index contributed by atoms with van der Waals surface area (Å²) in [5.74, 6) is 0.360. The van der Waals surface area contributed by atoms with Crippen LogP contribution in [0.2, 0.25) is 0 Å². The van der Waals surface area contributed by atoms with E-state index < -0.39 is 0 Å². The Bertz CT molecular complexity index is 973. The van der Waals surface area contributed by atoms with Gasteiger partial charge < -0.3 is 0 Å². The summed E-state index contributed by atoms with van der Waals surface area (Å²) in [6.07, 6.45) is 6.29. The van der Waals surface area contributed by atoms with Crippen LogP contribution in [0.3, 0.4) is 0 Å². The minimum absolute atomic E-state index is 0.238. The number of rotatable bonds is 1. The molecule has 8 heteroatoms. The summed E-state index contributed by atoms with van der Waals surface area (Å²) >= 11 is 0. The monoisotopic (exact) mass is 265 g/mol. The Morgan fingerprint density at radius 1 is 1.05 bits per heavy atom. The molecule has 0 aliphatic carbocycles. The molecule has 4 heterocycles. The van der Waals surface area contributed by atoms with Crippen molar-refractivity contribution in [2.24, 2.45) is 0 Å². The number of hydrogen-bond donors (Lipinski definition) is 0. The Morgan fingerprint density at radius 2 is 1.90 bits per heavy atom. The van der Waals surface area contributed by atoms with Crippen LogP contribution < -0.4 is 5.56 Å². The van der Waals surface area contributed by atoms with Gasteiger partial charge in [-0.05, 0) is 18.2 Å². The maximum Gasteiger partial charge on any atom is 0.285 e. The molecule has 0 saturated heterocycles. The van der Waals surface area contributed by atoms with Crippen molar-refractivity contribution in [1.82, 2.24) is 34.3 Å². The molecule has 4 rings (SSSR count). The van der Waals surface area contributed by atoms with Crippen molar-refractivity contribution >= 4 is 16.8 Å². The Balaban J connectivity index is 2.10. The van der Waals surface area contributed by atoms with Crippen LogP contribution in [0.1, 0.15) is 0 Å². The molecule has 0 amide bonds. The number of nitrogens with zero attached hydrogens (tertiary/aromatic N) is 7. The quantitative estimate of drug-likeness (QED) is 0.489. The standard InChI is InChI=1S/C12H7N7O/c20-11-10-9(19-12(17-16-10)14-7-15-19)3-6-18(11)8-1-4-13-5-2-8/h1-7H. The van der Waals surface area contributed by atoms with Gasteiger partial charge in [0.1, 0.15) is 11.8 Å². The van der Waals surface area contributed by atoms with E-state index >= 15 is 0 Å². The van der Waals surface area contributed by atoms with Crippen molar-refractivity contribution in [1.29, 1.82) is 0 Å². The molecule has 0 N–H and O–H groups in total. The molecule has 8 nitrogen and oxygen atoms in total. The molecule has 0 fully saturated rings. The molecule has 0 atom stereocenters. The van der Waals surface area contributed by atoms with E-state index in [2.05, 4.69) is 25.3 Å². The van der Waals surface area contributed by atoms with Gasteiger partial charge in [0.2, 0.25) is 0 Å². The summed E-state index contributed by atoms with van der Waals surface area (Å²) in [5.41, 5.74) is 1.26. The van der Waals surface area contributed by atoms with Crippen LogP contribution in [-0.2, 0) is 0 Å². The first kappa shape index (κ1) is 10.7. The highest BCUT2D eigenvalue weighted by molar-refractivity contribution is 5.74. The lowest BCUT2D eigenvalue weighted by atomic mass is 10.3. The molecule has 0 aliphatic rings. The second kappa shape index (κ2) is 3.92. The van der Waals surface area contributed by atoms with Gasteiger partial charge in [0.05, 0.1) is 5.69 Å². The Kier molecular flexibility index (Phi) is 2.10. The summed E-state index contributed by atoms with van der Waals surface area (Å²) in [5, 5.41) is 11.9. The van der Waals surface area contributed by atoms with Gasteiger partial charge in [-0.15, -0.1) is 10.2 Å². The van der Waals surface area contributed by atoms with Crippen molar-refractivity contribution < 1.29 is 0 Å². The van der Waals surface area contributed by atoms with E-state index in [4.69, 9.17) is 0 Å². The summed E-state index contributed by atoms with van der Waals surface area (Å²) in [4.78, 5) is 20.3. The van der Waals surface area contributed by atoms with Gasteiger partial charge in [-0.25, -0.2) is 0 Å². The lowest BCUT2D eigenvalue weighted by Crippen LogP contribution is -2.20. The zero-order chi connectivity index (χ0) is 13.5. The minimum atomic E-state index is -0.265. The van der Waals surface area contributed by atoms with E-state index in [9.17, 15) is 4.79 Å². The van der Waals surface area contributed by atoms with Crippen molar-refractivity contribution in [3.8, 4) is 5.69 Å². The SMILES string of the molecule is O=c1c2nnc3ncnn3c2ccn1-c1ccncc1. The molecule has 4 aromatic heterocycles. The molecule has 96 valence electrons. The first-order chi connectivity index (χ1) is 9.84. The Labute approximate surface area is 111 Å². The van der Waals surface area contributed by atoms with Crippen LogP contribution in [0, 0.1) is 0 Å². The van der Waals surface area contributed by atoms with Gasteiger partial charge in [0, 0.05) is 18.6 Å². The number of aromatic nitrogens is 7. The second-order valence-electron chi connectivity index (χ2n) is 4.10. The lowest BCUT2D eigenvalue weighted by molar-refractivity contribution is 0.913. The van der Waals surface area contributed by atoms with Gasteiger partial charge >= 0.3 is 0 Å². The molecule has 4 aromatic rings. The van der Waals surface area contributed by atoms with E-state index in [1.54, 1.807) is 36.8 Å². The van der Waals surface area contributed by atoms with Crippen LogP contribution in [0.25, 0.3) is 22.5 Å². The van der Waals surface area contributed by atoms with Gasteiger partial charge in [0.25, 0.3) is 11.3 Å². The predicted octanol–water partition coefficient (Wildman–Crippen LogP) is 0.218. The van der Waals surface area contributed by atoms with E-state index in [1.165, 1.54) is 15.4 Å². The van der Waals surface area contributed by atoms with Crippen LogP contribution in [0.15, 0.2) is 47.9 Å². The van der Waals surface area contributed by atoms with E-state index in [-0.39, 0.29) is 11.1 Å². The van der Waals surface area contributed by atoms with Crippen LogP contribution in [0.4, 0.5) is 0 Å². The fourth-order valence-corrected chi connectivity index (χ4v) is 2.06. The molecule has 0 saturated carbocycles. The fourth-order valence-electron chi connectivity index (χ4n) is 2.06.